The Morgan fingerprint density at radius 3 is 2.41 bits per heavy atom. The van der Waals surface area contributed by atoms with E-state index in [9.17, 15) is 9.59 Å². The number of rotatable bonds is 5. The van der Waals surface area contributed by atoms with Gasteiger partial charge in [0.05, 0.1) is 17.6 Å². The fraction of sp³-hybridized carbons (Fsp3) is 0.286. The molecule has 8 heteroatoms. The SMILES string of the molecule is CCn1c(CN(C)C(=O)Nc2ccc(Cl)cc2)nc2cc(C(=O)N(C)C)ccc21. The van der Waals surface area contributed by atoms with E-state index in [1.54, 1.807) is 62.4 Å². The van der Waals surface area contributed by atoms with Crippen LogP contribution in [0.3, 0.4) is 0 Å². The minimum atomic E-state index is -0.245. The normalized spacial score (nSPS) is 10.8. The van der Waals surface area contributed by atoms with Gasteiger partial charge in [-0.1, -0.05) is 11.6 Å². The van der Waals surface area contributed by atoms with Crippen molar-refractivity contribution in [3.05, 3.63) is 58.9 Å². The lowest BCUT2D eigenvalue weighted by molar-refractivity contribution is 0.0827. The van der Waals surface area contributed by atoms with E-state index >= 15 is 0 Å². The summed E-state index contributed by atoms with van der Waals surface area (Å²) in [6, 6.07) is 12.2. The van der Waals surface area contributed by atoms with E-state index in [1.807, 2.05) is 17.6 Å². The molecule has 1 aromatic heterocycles. The number of carbonyl (C=O) groups excluding carboxylic acids is 2. The fourth-order valence-corrected chi connectivity index (χ4v) is 3.21. The second-order valence-corrected chi connectivity index (χ2v) is 7.40. The average molecular weight is 414 g/mol. The van der Waals surface area contributed by atoms with Gasteiger partial charge in [-0.25, -0.2) is 9.78 Å². The second-order valence-electron chi connectivity index (χ2n) is 6.97. The summed E-state index contributed by atoms with van der Waals surface area (Å²) in [4.78, 5) is 32.5. The molecule has 3 amide bonds. The van der Waals surface area contributed by atoms with E-state index in [-0.39, 0.29) is 11.9 Å². The highest BCUT2D eigenvalue weighted by Gasteiger charge is 2.17. The molecule has 1 N–H and O–H groups in total. The molecule has 0 aliphatic heterocycles. The third-order valence-electron chi connectivity index (χ3n) is 4.62. The first kappa shape index (κ1) is 20.7. The first-order valence-corrected chi connectivity index (χ1v) is 9.66. The van der Waals surface area contributed by atoms with E-state index in [1.165, 1.54) is 4.90 Å². The van der Waals surface area contributed by atoms with Crippen LogP contribution in [-0.4, -0.2) is 52.4 Å². The first-order valence-electron chi connectivity index (χ1n) is 9.28. The molecule has 3 rings (SSSR count). The van der Waals surface area contributed by atoms with Gasteiger partial charge in [0, 0.05) is 44.0 Å². The molecule has 1 heterocycles. The Morgan fingerprint density at radius 1 is 1.10 bits per heavy atom. The lowest BCUT2D eigenvalue weighted by Gasteiger charge is -2.18. The number of benzene rings is 2. The van der Waals surface area contributed by atoms with Gasteiger partial charge < -0.3 is 19.7 Å². The molecule has 0 saturated heterocycles. The Balaban J connectivity index is 1.81. The number of fused-ring (bicyclic) bond motifs is 1. The van der Waals surface area contributed by atoms with Crippen LogP contribution in [0.5, 0.6) is 0 Å². The number of aryl methyl sites for hydroxylation is 1. The van der Waals surface area contributed by atoms with Gasteiger partial charge in [-0.15, -0.1) is 0 Å². The highest BCUT2D eigenvalue weighted by molar-refractivity contribution is 6.30. The number of urea groups is 1. The topological polar surface area (TPSA) is 70.5 Å². The number of hydrogen-bond donors (Lipinski definition) is 1. The van der Waals surface area contributed by atoms with E-state index in [0.29, 0.717) is 29.4 Å². The Labute approximate surface area is 174 Å². The maximum Gasteiger partial charge on any atom is 0.321 e. The van der Waals surface area contributed by atoms with Crippen molar-refractivity contribution in [2.24, 2.45) is 0 Å². The number of amides is 3. The van der Waals surface area contributed by atoms with Crippen LogP contribution < -0.4 is 5.32 Å². The third-order valence-corrected chi connectivity index (χ3v) is 4.87. The summed E-state index contributed by atoms with van der Waals surface area (Å²) >= 11 is 5.88. The number of aromatic nitrogens is 2. The van der Waals surface area contributed by atoms with Crippen molar-refractivity contribution < 1.29 is 9.59 Å². The van der Waals surface area contributed by atoms with Crippen LogP contribution >= 0.6 is 11.6 Å². The fourth-order valence-electron chi connectivity index (χ4n) is 3.08. The Morgan fingerprint density at radius 2 is 1.79 bits per heavy atom. The highest BCUT2D eigenvalue weighted by atomic mass is 35.5. The van der Waals surface area contributed by atoms with Crippen LogP contribution in [0.2, 0.25) is 5.02 Å². The molecular formula is C21H24ClN5O2. The Kier molecular flexibility index (Phi) is 6.08. The van der Waals surface area contributed by atoms with Crippen molar-refractivity contribution in [1.29, 1.82) is 0 Å². The number of imidazole rings is 1. The molecule has 0 bridgehead atoms. The maximum absolute atomic E-state index is 12.5. The van der Waals surface area contributed by atoms with Crippen molar-refractivity contribution in [1.82, 2.24) is 19.4 Å². The van der Waals surface area contributed by atoms with Crippen LogP contribution in [0.4, 0.5) is 10.5 Å². The van der Waals surface area contributed by atoms with Crippen LogP contribution in [0, 0.1) is 0 Å². The summed E-state index contributed by atoms with van der Waals surface area (Å²) in [5.41, 5.74) is 2.93. The standard InChI is InChI=1S/C21H24ClN5O2/c1-5-27-18-11-6-14(20(28)25(2)3)12-17(18)24-19(27)13-26(4)21(29)23-16-9-7-15(22)8-10-16/h6-12H,5,13H2,1-4H3,(H,23,29). The van der Waals surface area contributed by atoms with Crippen molar-refractivity contribution in [2.45, 2.75) is 20.0 Å². The number of halogens is 1. The number of carbonyl (C=O) groups is 2. The van der Waals surface area contributed by atoms with E-state index in [4.69, 9.17) is 11.6 Å². The smallest absolute Gasteiger partial charge is 0.321 e. The predicted molar refractivity (Wildman–Crippen MR) is 115 cm³/mol. The summed E-state index contributed by atoms with van der Waals surface area (Å²) in [7, 11) is 5.15. The molecule has 2 aromatic carbocycles. The molecule has 152 valence electrons. The van der Waals surface area contributed by atoms with Crippen LogP contribution in [0.1, 0.15) is 23.1 Å². The molecule has 0 atom stereocenters. The first-order chi connectivity index (χ1) is 13.8. The van der Waals surface area contributed by atoms with Gasteiger partial charge in [0.2, 0.25) is 0 Å². The zero-order chi connectivity index (χ0) is 21.1. The summed E-state index contributed by atoms with van der Waals surface area (Å²) < 4.78 is 2.05. The number of nitrogens with zero attached hydrogens (tertiary/aromatic N) is 4. The molecule has 0 spiro atoms. The number of anilines is 1. The van der Waals surface area contributed by atoms with E-state index in [2.05, 4.69) is 10.3 Å². The van der Waals surface area contributed by atoms with Gasteiger partial charge in [0.15, 0.2) is 0 Å². The van der Waals surface area contributed by atoms with E-state index < -0.39 is 0 Å². The van der Waals surface area contributed by atoms with Crippen molar-refractivity contribution in [3.63, 3.8) is 0 Å². The minimum Gasteiger partial charge on any atom is -0.345 e. The molecule has 0 unspecified atom stereocenters. The van der Waals surface area contributed by atoms with Crippen LogP contribution in [0.15, 0.2) is 42.5 Å². The quantitative estimate of drug-likeness (QED) is 0.685. The maximum atomic E-state index is 12.5. The summed E-state index contributed by atoms with van der Waals surface area (Å²) in [6.45, 7) is 3.07. The summed E-state index contributed by atoms with van der Waals surface area (Å²) in [5.74, 6) is 0.685. The van der Waals surface area contributed by atoms with Gasteiger partial charge in [-0.05, 0) is 49.4 Å². The lowest BCUT2D eigenvalue weighted by atomic mass is 10.2. The average Bonchev–Trinajstić information content (AvgIpc) is 3.04. The van der Waals surface area contributed by atoms with Gasteiger partial charge in [0.25, 0.3) is 5.91 Å². The van der Waals surface area contributed by atoms with Gasteiger partial charge in [-0.2, -0.15) is 0 Å². The van der Waals surface area contributed by atoms with Crippen LogP contribution in [0.25, 0.3) is 11.0 Å². The second kappa shape index (κ2) is 8.53. The largest absolute Gasteiger partial charge is 0.345 e. The number of nitrogens with one attached hydrogen (secondary N) is 1. The minimum absolute atomic E-state index is 0.0704. The summed E-state index contributed by atoms with van der Waals surface area (Å²) in [5, 5.41) is 3.45. The lowest BCUT2D eigenvalue weighted by Crippen LogP contribution is -2.31. The molecule has 0 aliphatic rings. The van der Waals surface area contributed by atoms with Gasteiger partial charge in [0.1, 0.15) is 5.82 Å². The van der Waals surface area contributed by atoms with Crippen LogP contribution in [-0.2, 0) is 13.1 Å². The monoisotopic (exact) mass is 413 g/mol. The predicted octanol–water partition coefficient (Wildman–Crippen LogP) is 4.08. The molecule has 0 radical (unpaired) electrons. The molecule has 7 nitrogen and oxygen atoms in total. The molecule has 3 aromatic rings. The zero-order valence-corrected chi connectivity index (χ0v) is 17.7. The molecule has 0 fully saturated rings. The van der Waals surface area contributed by atoms with Crippen molar-refractivity contribution >= 4 is 40.3 Å². The molecular weight excluding hydrogens is 390 g/mol. The molecule has 0 saturated carbocycles. The molecule has 0 aliphatic carbocycles. The highest BCUT2D eigenvalue weighted by Crippen LogP contribution is 2.20. The Hall–Kier alpha value is -3.06. The Bertz CT molecular complexity index is 1040. The van der Waals surface area contributed by atoms with Crippen molar-refractivity contribution in [3.8, 4) is 0 Å². The third kappa shape index (κ3) is 4.51. The molecule has 29 heavy (non-hydrogen) atoms. The van der Waals surface area contributed by atoms with E-state index in [0.717, 1.165) is 16.9 Å². The zero-order valence-electron chi connectivity index (χ0n) is 16.9. The summed E-state index contributed by atoms with van der Waals surface area (Å²) in [6.07, 6.45) is 0. The van der Waals surface area contributed by atoms with Gasteiger partial charge >= 0.3 is 6.03 Å². The number of hydrogen-bond acceptors (Lipinski definition) is 3. The van der Waals surface area contributed by atoms with Crippen molar-refractivity contribution in [2.75, 3.05) is 26.5 Å². The van der Waals surface area contributed by atoms with Gasteiger partial charge in [-0.3, -0.25) is 4.79 Å².